The number of hydrogen-bond acceptors (Lipinski definition) is 6. The van der Waals surface area contributed by atoms with Gasteiger partial charge in [0.1, 0.15) is 11.3 Å². The molecule has 0 radical (unpaired) electrons. The van der Waals surface area contributed by atoms with Crippen molar-refractivity contribution in [2.24, 2.45) is 0 Å². The Hall–Kier alpha value is -3.63. The Kier molecular flexibility index (Phi) is 6.42. The number of esters is 1. The highest BCUT2D eigenvalue weighted by molar-refractivity contribution is 5.99. The molecule has 0 aliphatic rings. The van der Waals surface area contributed by atoms with E-state index in [9.17, 15) is 32.9 Å². The zero-order valence-electron chi connectivity index (χ0n) is 15.1. The number of nitrogens with zero attached hydrogens (tertiary/aromatic N) is 1. The minimum absolute atomic E-state index is 0.0318. The van der Waals surface area contributed by atoms with Crippen molar-refractivity contribution in [1.29, 1.82) is 0 Å². The van der Waals surface area contributed by atoms with Gasteiger partial charge in [0.25, 0.3) is 11.6 Å². The van der Waals surface area contributed by atoms with Crippen LogP contribution in [0.2, 0.25) is 0 Å². The van der Waals surface area contributed by atoms with Gasteiger partial charge in [0.05, 0.1) is 23.3 Å². The van der Waals surface area contributed by atoms with Crippen LogP contribution < -0.4 is 10.1 Å². The summed E-state index contributed by atoms with van der Waals surface area (Å²) in [6, 6.07) is 7.51. The third-order valence-corrected chi connectivity index (χ3v) is 3.76. The lowest BCUT2D eigenvalue weighted by molar-refractivity contribution is -0.384. The van der Waals surface area contributed by atoms with Gasteiger partial charge >= 0.3 is 12.1 Å². The van der Waals surface area contributed by atoms with Gasteiger partial charge in [-0.15, -0.1) is 0 Å². The number of nitro groups is 1. The summed E-state index contributed by atoms with van der Waals surface area (Å²) in [5.41, 5.74) is -2.28. The number of hydrogen-bond donors (Lipinski definition) is 1. The lowest BCUT2D eigenvalue weighted by Crippen LogP contribution is -2.31. The Morgan fingerprint density at radius 2 is 1.83 bits per heavy atom. The summed E-state index contributed by atoms with van der Waals surface area (Å²) in [7, 11) is 1.22. The third kappa shape index (κ3) is 5.21. The van der Waals surface area contributed by atoms with Gasteiger partial charge in [0.15, 0.2) is 6.10 Å². The average Bonchev–Trinajstić information content (AvgIpc) is 2.66. The minimum Gasteiger partial charge on any atom is -0.496 e. The number of methoxy groups -OCH3 is 1. The Morgan fingerprint density at radius 1 is 1.17 bits per heavy atom. The maximum absolute atomic E-state index is 13.0. The molecule has 0 spiro atoms. The van der Waals surface area contributed by atoms with Crippen molar-refractivity contribution < 1.29 is 37.2 Å². The molecule has 0 aromatic heterocycles. The van der Waals surface area contributed by atoms with E-state index in [2.05, 4.69) is 5.32 Å². The number of anilines is 1. The summed E-state index contributed by atoms with van der Waals surface area (Å²) < 4.78 is 48.9. The Labute approximate surface area is 162 Å². The van der Waals surface area contributed by atoms with Gasteiger partial charge in [0, 0.05) is 12.1 Å². The quantitative estimate of drug-likeness (QED) is 0.439. The second-order valence-electron chi connectivity index (χ2n) is 5.72. The fraction of sp³-hybridized carbons (Fsp3) is 0.222. The maximum atomic E-state index is 13.0. The smallest absolute Gasteiger partial charge is 0.418 e. The molecular weight excluding hydrogens is 397 g/mol. The van der Waals surface area contributed by atoms with Gasteiger partial charge < -0.3 is 14.8 Å². The second-order valence-corrected chi connectivity index (χ2v) is 5.72. The molecule has 1 N–H and O–H groups in total. The van der Waals surface area contributed by atoms with Crippen molar-refractivity contribution >= 4 is 23.3 Å². The van der Waals surface area contributed by atoms with E-state index >= 15 is 0 Å². The van der Waals surface area contributed by atoms with Gasteiger partial charge in [-0.1, -0.05) is 12.1 Å². The van der Waals surface area contributed by atoms with E-state index in [4.69, 9.17) is 9.47 Å². The summed E-state index contributed by atoms with van der Waals surface area (Å²) in [5.74, 6) is -2.16. The van der Waals surface area contributed by atoms with Crippen molar-refractivity contribution in [3.63, 3.8) is 0 Å². The van der Waals surface area contributed by atoms with Crippen LogP contribution in [0.5, 0.6) is 5.75 Å². The van der Waals surface area contributed by atoms with Crippen LogP contribution in [0.3, 0.4) is 0 Å². The van der Waals surface area contributed by atoms with E-state index in [1.54, 1.807) is 0 Å². The summed E-state index contributed by atoms with van der Waals surface area (Å²) >= 11 is 0. The Morgan fingerprint density at radius 3 is 2.41 bits per heavy atom. The van der Waals surface area contributed by atoms with Gasteiger partial charge in [-0.3, -0.25) is 14.9 Å². The standard InChI is InChI=1S/C18H15F3N2O6/c1-10(16(24)22-14-6-4-3-5-13(14)18(19,20)21)29-17(25)12-9-11(23(26)27)7-8-15(12)28-2/h3-10H,1-2H3,(H,22,24)/t10-/m0/s1. The summed E-state index contributed by atoms with van der Waals surface area (Å²) in [6.45, 7) is 1.15. The predicted octanol–water partition coefficient (Wildman–Crippen LogP) is 3.81. The highest BCUT2D eigenvalue weighted by Crippen LogP contribution is 2.34. The molecule has 1 amide bonds. The molecule has 0 aliphatic carbocycles. The van der Waals surface area contributed by atoms with Gasteiger partial charge in [0.2, 0.25) is 0 Å². The Balaban J connectivity index is 2.18. The SMILES string of the molecule is COc1ccc([N+](=O)[O-])cc1C(=O)O[C@@H](C)C(=O)Nc1ccccc1C(F)(F)F. The van der Waals surface area contributed by atoms with E-state index in [-0.39, 0.29) is 11.3 Å². The van der Waals surface area contributed by atoms with Crippen molar-refractivity contribution in [3.8, 4) is 5.75 Å². The number of ether oxygens (including phenoxy) is 2. The molecule has 0 saturated carbocycles. The van der Waals surface area contributed by atoms with Gasteiger partial charge in [-0.25, -0.2) is 4.79 Å². The van der Waals surface area contributed by atoms with E-state index < -0.39 is 46.0 Å². The number of amides is 1. The molecule has 0 unspecified atom stereocenters. The number of carbonyl (C=O) groups is 2. The molecule has 2 aromatic rings. The number of non-ortho nitro benzene ring substituents is 1. The highest BCUT2D eigenvalue weighted by atomic mass is 19.4. The maximum Gasteiger partial charge on any atom is 0.418 e. The molecule has 0 saturated heterocycles. The molecule has 29 heavy (non-hydrogen) atoms. The highest BCUT2D eigenvalue weighted by Gasteiger charge is 2.34. The monoisotopic (exact) mass is 412 g/mol. The molecule has 2 aromatic carbocycles. The first-order valence-electron chi connectivity index (χ1n) is 8.05. The van der Waals surface area contributed by atoms with Crippen LogP contribution in [0.15, 0.2) is 42.5 Å². The number of benzene rings is 2. The lowest BCUT2D eigenvalue weighted by atomic mass is 10.1. The molecule has 0 bridgehead atoms. The van der Waals surface area contributed by atoms with Crippen LogP contribution in [0.25, 0.3) is 0 Å². The molecule has 2 rings (SSSR count). The third-order valence-electron chi connectivity index (χ3n) is 3.76. The molecule has 0 aliphatic heterocycles. The number of halogens is 3. The van der Waals surface area contributed by atoms with Crippen LogP contribution in [-0.4, -0.2) is 30.0 Å². The van der Waals surface area contributed by atoms with Crippen molar-refractivity contribution in [1.82, 2.24) is 0 Å². The lowest BCUT2D eigenvalue weighted by Gasteiger charge is -2.17. The number of rotatable bonds is 6. The number of carbonyl (C=O) groups excluding carboxylic acids is 2. The molecule has 0 heterocycles. The fourth-order valence-corrected chi connectivity index (χ4v) is 2.32. The van der Waals surface area contributed by atoms with E-state index in [0.717, 1.165) is 37.3 Å². The van der Waals surface area contributed by atoms with E-state index in [1.807, 2.05) is 0 Å². The Bertz CT molecular complexity index is 945. The normalized spacial score (nSPS) is 12.0. The zero-order valence-corrected chi connectivity index (χ0v) is 15.1. The van der Waals surface area contributed by atoms with Crippen LogP contribution in [0.1, 0.15) is 22.8 Å². The fourth-order valence-electron chi connectivity index (χ4n) is 2.32. The molecule has 0 fully saturated rings. The second kappa shape index (κ2) is 8.59. The number of nitro benzene ring substituents is 1. The van der Waals surface area contributed by atoms with Crippen molar-refractivity contribution in [2.45, 2.75) is 19.2 Å². The number of alkyl halides is 3. The molecular formula is C18H15F3N2O6. The number of para-hydroxylation sites is 1. The molecule has 11 heteroatoms. The van der Waals surface area contributed by atoms with Crippen LogP contribution in [0, 0.1) is 10.1 Å². The minimum atomic E-state index is -4.69. The van der Waals surface area contributed by atoms with Gasteiger partial charge in [-0.05, 0) is 25.1 Å². The van der Waals surface area contributed by atoms with Crippen molar-refractivity contribution in [2.75, 3.05) is 12.4 Å². The predicted molar refractivity (Wildman–Crippen MR) is 94.6 cm³/mol. The molecule has 1 atom stereocenters. The zero-order chi connectivity index (χ0) is 21.8. The van der Waals surface area contributed by atoms with E-state index in [0.29, 0.717) is 0 Å². The number of nitrogens with one attached hydrogen (secondary N) is 1. The first-order valence-corrected chi connectivity index (χ1v) is 8.05. The van der Waals surface area contributed by atoms with Gasteiger partial charge in [-0.2, -0.15) is 13.2 Å². The average molecular weight is 412 g/mol. The first-order chi connectivity index (χ1) is 13.5. The van der Waals surface area contributed by atoms with Crippen LogP contribution in [-0.2, 0) is 15.7 Å². The summed E-state index contributed by atoms with van der Waals surface area (Å²) in [6.07, 6.45) is -6.19. The first kappa shape index (κ1) is 21.7. The largest absolute Gasteiger partial charge is 0.496 e. The van der Waals surface area contributed by atoms with Crippen LogP contribution >= 0.6 is 0 Å². The van der Waals surface area contributed by atoms with E-state index in [1.165, 1.54) is 19.2 Å². The summed E-state index contributed by atoms with van der Waals surface area (Å²) in [5, 5.41) is 12.9. The summed E-state index contributed by atoms with van der Waals surface area (Å²) in [4.78, 5) is 34.6. The van der Waals surface area contributed by atoms with Crippen molar-refractivity contribution in [3.05, 3.63) is 63.7 Å². The van der Waals surface area contributed by atoms with Crippen LogP contribution in [0.4, 0.5) is 24.5 Å². The molecule has 154 valence electrons. The molecule has 8 nitrogen and oxygen atoms in total. The topological polar surface area (TPSA) is 108 Å².